The maximum absolute atomic E-state index is 5.68. The summed E-state index contributed by atoms with van der Waals surface area (Å²) in [4.78, 5) is 7.67. The van der Waals surface area contributed by atoms with Crippen LogP contribution in [0.2, 0.25) is 5.15 Å². The molecule has 0 fully saturated rings. The van der Waals surface area contributed by atoms with Gasteiger partial charge in [-0.1, -0.05) is 29.8 Å². The minimum absolute atomic E-state index is 0.367. The number of rotatable bonds is 2. The number of hydrogen-bond donors (Lipinski definition) is 0. The van der Waals surface area contributed by atoms with Crippen LogP contribution >= 0.6 is 11.6 Å². The third-order valence-electron chi connectivity index (χ3n) is 1.57. The zero-order chi connectivity index (χ0) is 9.80. The minimum Gasteiger partial charge on any atom is -0.439 e. The molecular weight excluding hydrogens is 200 g/mol. The summed E-state index contributed by atoms with van der Waals surface area (Å²) in [5, 5.41) is 0.367. The summed E-state index contributed by atoms with van der Waals surface area (Å²) in [5.41, 5.74) is 0. The van der Waals surface area contributed by atoms with E-state index in [0.29, 0.717) is 11.0 Å². The van der Waals surface area contributed by atoms with Crippen molar-refractivity contribution in [2.75, 3.05) is 0 Å². The molecule has 0 saturated carbocycles. The molecule has 1 heterocycles. The Morgan fingerprint density at radius 2 is 1.86 bits per heavy atom. The standard InChI is InChI=1S/C10H7ClN2O/c11-9-6-10(13-7-12-9)14-8-4-2-1-3-5-8/h1-7H. The molecule has 2 aromatic rings. The lowest BCUT2D eigenvalue weighted by Gasteiger charge is -2.02. The third-order valence-corrected chi connectivity index (χ3v) is 1.78. The maximum atomic E-state index is 5.68. The maximum Gasteiger partial charge on any atom is 0.223 e. The molecule has 1 aromatic carbocycles. The van der Waals surface area contributed by atoms with Gasteiger partial charge in [-0.3, -0.25) is 0 Å². The number of ether oxygens (including phenoxy) is 1. The third kappa shape index (κ3) is 2.20. The van der Waals surface area contributed by atoms with Crippen molar-refractivity contribution >= 4 is 11.6 Å². The van der Waals surface area contributed by atoms with Gasteiger partial charge >= 0.3 is 0 Å². The van der Waals surface area contributed by atoms with Crippen LogP contribution in [0.1, 0.15) is 0 Å². The van der Waals surface area contributed by atoms with E-state index in [9.17, 15) is 0 Å². The van der Waals surface area contributed by atoms with Crippen molar-refractivity contribution in [3.8, 4) is 11.6 Å². The normalized spacial score (nSPS) is 9.79. The molecule has 0 unspecified atom stereocenters. The number of para-hydroxylation sites is 1. The number of benzene rings is 1. The number of hydrogen-bond acceptors (Lipinski definition) is 3. The van der Waals surface area contributed by atoms with Crippen LogP contribution < -0.4 is 4.74 Å². The summed E-state index contributed by atoms with van der Waals surface area (Å²) in [6, 6.07) is 10.9. The predicted octanol–water partition coefficient (Wildman–Crippen LogP) is 2.92. The van der Waals surface area contributed by atoms with Gasteiger partial charge in [0.1, 0.15) is 17.2 Å². The highest BCUT2D eigenvalue weighted by Gasteiger charge is 1.98. The Labute approximate surface area is 86.3 Å². The summed E-state index contributed by atoms with van der Waals surface area (Å²) in [5.74, 6) is 1.17. The average Bonchev–Trinajstić information content (AvgIpc) is 2.19. The second-order valence-corrected chi connectivity index (χ2v) is 2.98. The number of nitrogens with zero attached hydrogens (tertiary/aromatic N) is 2. The molecular formula is C10H7ClN2O. The molecule has 4 heteroatoms. The molecule has 3 nitrogen and oxygen atoms in total. The first-order valence-corrected chi connectivity index (χ1v) is 4.43. The molecule has 0 amide bonds. The summed E-state index contributed by atoms with van der Waals surface area (Å²) in [6.07, 6.45) is 1.36. The summed E-state index contributed by atoms with van der Waals surface area (Å²) >= 11 is 5.68. The molecule has 0 N–H and O–H groups in total. The van der Waals surface area contributed by atoms with Crippen molar-refractivity contribution in [1.82, 2.24) is 9.97 Å². The van der Waals surface area contributed by atoms with E-state index in [0.717, 1.165) is 5.75 Å². The fraction of sp³-hybridized carbons (Fsp3) is 0. The first kappa shape index (κ1) is 8.97. The fourth-order valence-electron chi connectivity index (χ4n) is 0.982. The highest BCUT2D eigenvalue weighted by atomic mass is 35.5. The van der Waals surface area contributed by atoms with E-state index in [1.54, 1.807) is 6.07 Å². The van der Waals surface area contributed by atoms with E-state index in [-0.39, 0.29) is 0 Å². The van der Waals surface area contributed by atoms with E-state index in [4.69, 9.17) is 16.3 Å². The topological polar surface area (TPSA) is 35.0 Å². The van der Waals surface area contributed by atoms with Crippen LogP contribution in [0.4, 0.5) is 0 Å². The average molecular weight is 207 g/mol. The highest BCUT2D eigenvalue weighted by Crippen LogP contribution is 2.19. The number of aromatic nitrogens is 2. The van der Waals surface area contributed by atoms with E-state index < -0.39 is 0 Å². The summed E-state index contributed by atoms with van der Waals surface area (Å²) in [7, 11) is 0. The zero-order valence-electron chi connectivity index (χ0n) is 7.22. The summed E-state index contributed by atoms with van der Waals surface area (Å²) in [6.45, 7) is 0. The van der Waals surface area contributed by atoms with E-state index in [2.05, 4.69) is 9.97 Å². The van der Waals surface area contributed by atoms with Crippen molar-refractivity contribution in [3.63, 3.8) is 0 Å². The van der Waals surface area contributed by atoms with Gasteiger partial charge in [0.15, 0.2) is 0 Å². The Morgan fingerprint density at radius 3 is 2.57 bits per heavy atom. The van der Waals surface area contributed by atoms with Gasteiger partial charge in [0.25, 0.3) is 0 Å². The first-order chi connectivity index (χ1) is 6.84. The Bertz CT molecular complexity index is 419. The molecule has 0 spiro atoms. The van der Waals surface area contributed by atoms with Crippen LogP contribution in [0.15, 0.2) is 42.7 Å². The molecule has 0 aliphatic rings. The molecule has 70 valence electrons. The molecule has 0 bridgehead atoms. The van der Waals surface area contributed by atoms with Gasteiger partial charge in [-0.2, -0.15) is 0 Å². The van der Waals surface area contributed by atoms with Gasteiger partial charge in [-0.25, -0.2) is 9.97 Å². The van der Waals surface area contributed by atoms with Crippen molar-refractivity contribution < 1.29 is 4.74 Å². The minimum atomic E-state index is 0.367. The Morgan fingerprint density at radius 1 is 1.07 bits per heavy atom. The van der Waals surface area contributed by atoms with Crippen molar-refractivity contribution in [1.29, 1.82) is 0 Å². The molecule has 1 aromatic heterocycles. The quantitative estimate of drug-likeness (QED) is 0.709. The second kappa shape index (κ2) is 4.07. The molecule has 0 radical (unpaired) electrons. The van der Waals surface area contributed by atoms with Crippen LogP contribution in [0, 0.1) is 0 Å². The molecule has 0 aliphatic carbocycles. The van der Waals surface area contributed by atoms with E-state index >= 15 is 0 Å². The van der Waals surface area contributed by atoms with Crippen molar-refractivity contribution in [2.45, 2.75) is 0 Å². The van der Waals surface area contributed by atoms with Crippen LogP contribution in [0.25, 0.3) is 0 Å². The Hall–Kier alpha value is -1.61. The number of halogens is 1. The molecule has 14 heavy (non-hydrogen) atoms. The van der Waals surface area contributed by atoms with Crippen LogP contribution in [-0.2, 0) is 0 Å². The zero-order valence-corrected chi connectivity index (χ0v) is 7.98. The fourth-order valence-corrected chi connectivity index (χ4v) is 1.12. The van der Waals surface area contributed by atoms with Crippen LogP contribution in [0.5, 0.6) is 11.6 Å². The SMILES string of the molecule is Clc1cc(Oc2ccccc2)ncn1. The van der Waals surface area contributed by atoms with Gasteiger partial charge in [-0.15, -0.1) is 0 Å². The lowest BCUT2D eigenvalue weighted by molar-refractivity contribution is 0.461. The molecule has 2 rings (SSSR count). The van der Waals surface area contributed by atoms with Crippen LogP contribution in [-0.4, -0.2) is 9.97 Å². The van der Waals surface area contributed by atoms with E-state index in [1.807, 2.05) is 30.3 Å². The molecule has 0 aliphatic heterocycles. The molecule has 0 saturated heterocycles. The van der Waals surface area contributed by atoms with Gasteiger partial charge in [0.05, 0.1) is 0 Å². The Balaban J connectivity index is 2.19. The lowest BCUT2D eigenvalue weighted by atomic mass is 10.3. The monoisotopic (exact) mass is 206 g/mol. The second-order valence-electron chi connectivity index (χ2n) is 2.59. The highest BCUT2D eigenvalue weighted by molar-refractivity contribution is 6.29. The van der Waals surface area contributed by atoms with Gasteiger partial charge in [0.2, 0.25) is 5.88 Å². The predicted molar refractivity (Wildman–Crippen MR) is 53.6 cm³/mol. The first-order valence-electron chi connectivity index (χ1n) is 4.05. The smallest absolute Gasteiger partial charge is 0.223 e. The largest absolute Gasteiger partial charge is 0.439 e. The van der Waals surface area contributed by atoms with Gasteiger partial charge in [0, 0.05) is 6.07 Å². The van der Waals surface area contributed by atoms with Crippen molar-refractivity contribution in [2.24, 2.45) is 0 Å². The van der Waals surface area contributed by atoms with Gasteiger partial charge < -0.3 is 4.74 Å². The lowest BCUT2D eigenvalue weighted by Crippen LogP contribution is -1.88. The Kier molecular flexibility index (Phi) is 2.60. The van der Waals surface area contributed by atoms with Crippen molar-refractivity contribution in [3.05, 3.63) is 47.9 Å². The van der Waals surface area contributed by atoms with Crippen LogP contribution in [0.3, 0.4) is 0 Å². The van der Waals surface area contributed by atoms with E-state index in [1.165, 1.54) is 6.33 Å². The molecule has 0 atom stereocenters. The van der Waals surface area contributed by atoms with Gasteiger partial charge in [-0.05, 0) is 12.1 Å². The summed E-state index contributed by atoms with van der Waals surface area (Å²) < 4.78 is 5.42.